The molecule has 1 aliphatic heterocycles. The van der Waals surface area contributed by atoms with Crippen LogP contribution < -0.4 is 5.32 Å². The minimum Gasteiger partial charge on any atom is -0.351 e. The van der Waals surface area contributed by atoms with E-state index in [0.29, 0.717) is 6.04 Å². The Bertz CT molecular complexity index is 397. The molecular weight excluding hydrogens is 260 g/mol. The molecule has 0 aromatic carbocycles. The van der Waals surface area contributed by atoms with Gasteiger partial charge in [-0.15, -0.1) is 0 Å². The lowest BCUT2D eigenvalue weighted by Crippen LogP contribution is -2.61. The maximum Gasteiger partial charge on any atom is 0.240 e. The van der Waals surface area contributed by atoms with Crippen molar-refractivity contribution >= 4 is 5.91 Å². The van der Waals surface area contributed by atoms with Crippen LogP contribution in [-0.2, 0) is 4.79 Å². The van der Waals surface area contributed by atoms with Gasteiger partial charge in [-0.1, -0.05) is 0 Å². The number of carbonyl (C=O) groups is 1. The van der Waals surface area contributed by atoms with E-state index < -0.39 is 0 Å². The highest BCUT2D eigenvalue weighted by Crippen LogP contribution is 2.53. The topological polar surface area (TPSA) is 32.3 Å². The third-order valence-corrected chi connectivity index (χ3v) is 6.98. The maximum absolute atomic E-state index is 12.9. The van der Waals surface area contributed by atoms with Gasteiger partial charge in [0.05, 0.1) is 5.54 Å². The van der Waals surface area contributed by atoms with Gasteiger partial charge in [-0.25, -0.2) is 0 Å². The number of hydrogen-bond donors (Lipinski definition) is 1. The van der Waals surface area contributed by atoms with E-state index in [1.54, 1.807) is 0 Å². The number of likely N-dealkylation sites (tertiary alicyclic amines) is 1. The fourth-order valence-electron chi connectivity index (χ4n) is 5.91. The molecule has 1 amide bonds. The standard InChI is InChI=1S/C18H30N2O/c1-18(2,20-5-3-4-6-20)17(21)19-16-14-8-12-7-13(10-14)11-15(16)9-12/h12-16H,3-11H2,1-2H3,(H,19,21). The van der Waals surface area contributed by atoms with Crippen molar-refractivity contribution in [2.24, 2.45) is 23.7 Å². The SMILES string of the molecule is CC(C)(C(=O)NC1C2CC3CC(C2)CC1C3)N1CCCC1. The average Bonchev–Trinajstić information content (AvgIpc) is 2.96. The van der Waals surface area contributed by atoms with Crippen molar-refractivity contribution in [3.8, 4) is 0 Å². The van der Waals surface area contributed by atoms with Gasteiger partial charge in [-0.3, -0.25) is 9.69 Å². The van der Waals surface area contributed by atoms with E-state index in [9.17, 15) is 4.79 Å². The van der Waals surface area contributed by atoms with Gasteiger partial charge in [-0.2, -0.15) is 0 Å². The summed E-state index contributed by atoms with van der Waals surface area (Å²) in [5, 5.41) is 3.50. The lowest BCUT2D eigenvalue weighted by Gasteiger charge is -2.55. The van der Waals surface area contributed by atoms with Crippen LogP contribution in [0.5, 0.6) is 0 Å². The van der Waals surface area contributed by atoms with Crippen molar-refractivity contribution in [2.75, 3.05) is 13.1 Å². The van der Waals surface area contributed by atoms with E-state index in [-0.39, 0.29) is 11.4 Å². The minimum absolute atomic E-state index is 0.280. The van der Waals surface area contributed by atoms with Crippen LogP contribution >= 0.6 is 0 Å². The van der Waals surface area contributed by atoms with Crippen LogP contribution in [0.2, 0.25) is 0 Å². The van der Waals surface area contributed by atoms with E-state index in [0.717, 1.165) is 36.8 Å². The summed E-state index contributed by atoms with van der Waals surface area (Å²) in [5.74, 6) is 3.79. The Morgan fingerprint density at radius 1 is 0.952 bits per heavy atom. The zero-order valence-electron chi connectivity index (χ0n) is 13.6. The summed E-state index contributed by atoms with van der Waals surface area (Å²) >= 11 is 0. The predicted octanol–water partition coefficient (Wildman–Crippen LogP) is 2.80. The quantitative estimate of drug-likeness (QED) is 0.867. The molecule has 3 heteroatoms. The molecular formula is C18H30N2O. The van der Waals surface area contributed by atoms with Crippen LogP contribution in [0.4, 0.5) is 0 Å². The molecule has 1 N–H and O–H groups in total. The van der Waals surface area contributed by atoms with Crippen molar-refractivity contribution in [3.63, 3.8) is 0 Å². The van der Waals surface area contributed by atoms with Crippen LogP contribution in [0.25, 0.3) is 0 Å². The lowest BCUT2D eigenvalue weighted by atomic mass is 9.54. The molecule has 4 aliphatic carbocycles. The molecule has 4 bridgehead atoms. The molecule has 21 heavy (non-hydrogen) atoms. The summed E-state index contributed by atoms with van der Waals surface area (Å²) in [5.41, 5.74) is -0.328. The predicted molar refractivity (Wildman–Crippen MR) is 83.9 cm³/mol. The van der Waals surface area contributed by atoms with Crippen LogP contribution in [0.1, 0.15) is 58.8 Å². The largest absolute Gasteiger partial charge is 0.351 e. The van der Waals surface area contributed by atoms with Crippen LogP contribution in [0, 0.1) is 23.7 Å². The molecule has 0 radical (unpaired) electrons. The van der Waals surface area contributed by atoms with E-state index >= 15 is 0 Å². The number of rotatable bonds is 3. The van der Waals surface area contributed by atoms with Gasteiger partial charge < -0.3 is 5.32 Å². The molecule has 5 fully saturated rings. The third kappa shape index (κ3) is 2.32. The van der Waals surface area contributed by atoms with Gasteiger partial charge in [-0.05, 0) is 95.6 Å². The number of amides is 1. The van der Waals surface area contributed by atoms with Crippen LogP contribution in [0.15, 0.2) is 0 Å². The third-order valence-electron chi connectivity index (χ3n) is 6.98. The molecule has 1 saturated heterocycles. The number of nitrogens with zero attached hydrogens (tertiary/aromatic N) is 1. The molecule has 0 spiro atoms. The monoisotopic (exact) mass is 290 g/mol. The minimum atomic E-state index is -0.328. The Labute approximate surface area is 128 Å². The summed E-state index contributed by atoms with van der Waals surface area (Å²) in [4.78, 5) is 15.3. The van der Waals surface area contributed by atoms with E-state index in [1.807, 2.05) is 0 Å². The Morgan fingerprint density at radius 2 is 1.48 bits per heavy atom. The zero-order valence-corrected chi connectivity index (χ0v) is 13.6. The molecule has 1 heterocycles. The van der Waals surface area contributed by atoms with Crippen molar-refractivity contribution in [3.05, 3.63) is 0 Å². The molecule has 118 valence electrons. The van der Waals surface area contributed by atoms with Gasteiger partial charge >= 0.3 is 0 Å². The maximum atomic E-state index is 12.9. The number of nitrogens with one attached hydrogen (secondary N) is 1. The van der Waals surface area contributed by atoms with Gasteiger partial charge in [0.2, 0.25) is 5.91 Å². The second-order valence-corrected chi connectivity index (χ2v) is 8.68. The second kappa shape index (κ2) is 4.97. The first kappa shape index (κ1) is 14.0. The van der Waals surface area contributed by atoms with Crippen LogP contribution in [0.3, 0.4) is 0 Å². The van der Waals surface area contributed by atoms with Crippen molar-refractivity contribution in [1.82, 2.24) is 10.2 Å². The first-order valence-electron chi connectivity index (χ1n) is 9.10. The summed E-state index contributed by atoms with van der Waals surface area (Å²) in [6, 6.07) is 0.479. The summed E-state index contributed by atoms with van der Waals surface area (Å²) in [6.07, 6.45) is 9.48. The molecule has 5 rings (SSSR count). The summed E-state index contributed by atoms with van der Waals surface area (Å²) < 4.78 is 0. The van der Waals surface area contributed by atoms with Crippen molar-refractivity contribution in [2.45, 2.75) is 70.4 Å². The van der Waals surface area contributed by atoms with Gasteiger partial charge in [0, 0.05) is 6.04 Å². The zero-order chi connectivity index (χ0) is 14.6. The molecule has 0 aromatic rings. The molecule has 0 atom stereocenters. The first-order valence-corrected chi connectivity index (χ1v) is 9.10. The first-order chi connectivity index (χ1) is 10.0. The van der Waals surface area contributed by atoms with Crippen LogP contribution in [-0.4, -0.2) is 35.5 Å². The molecule has 0 aromatic heterocycles. The Hall–Kier alpha value is -0.570. The van der Waals surface area contributed by atoms with Gasteiger partial charge in [0.15, 0.2) is 0 Å². The van der Waals surface area contributed by atoms with Gasteiger partial charge in [0.1, 0.15) is 0 Å². The highest BCUT2D eigenvalue weighted by atomic mass is 16.2. The fraction of sp³-hybridized carbons (Fsp3) is 0.944. The van der Waals surface area contributed by atoms with E-state index in [1.165, 1.54) is 44.9 Å². The Balaban J connectivity index is 1.44. The number of carbonyl (C=O) groups excluding carboxylic acids is 1. The van der Waals surface area contributed by atoms with Crippen molar-refractivity contribution in [1.29, 1.82) is 0 Å². The highest BCUT2D eigenvalue weighted by Gasteiger charge is 2.49. The summed E-state index contributed by atoms with van der Waals surface area (Å²) in [6.45, 7) is 6.40. The molecule has 4 saturated carbocycles. The lowest BCUT2D eigenvalue weighted by molar-refractivity contribution is -0.135. The van der Waals surface area contributed by atoms with Crippen molar-refractivity contribution < 1.29 is 4.79 Å². The summed E-state index contributed by atoms with van der Waals surface area (Å²) in [7, 11) is 0. The fourth-order valence-corrected chi connectivity index (χ4v) is 5.91. The normalized spacial score (nSPS) is 42.5. The Morgan fingerprint density at radius 3 is 2.00 bits per heavy atom. The average molecular weight is 290 g/mol. The smallest absolute Gasteiger partial charge is 0.240 e. The second-order valence-electron chi connectivity index (χ2n) is 8.68. The van der Waals surface area contributed by atoms with E-state index in [2.05, 4.69) is 24.1 Å². The van der Waals surface area contributed by atoms with Gasteiger partial charge in [0.25, 0.3) is 0 Å². The van der Waals surface area contributed by atoms with E-state index in [4.69, 9.17) is 0 Å². The Kier molecular flexibility index (Phi) is 3.33. The molecule has 5 aliphatic rings. The highest BCUT2D eigenvalue weighted by molar-refractivity contribution is 5.85. The molecule has 3 nitrogen and oxygen atoms in total. The molecule has 0 unspecified atom stereocenters. The number of hydrogen-bond acceptors (Lipinski definition) is 2.